The van der Waals surface area contributed by atoms with Gasteiger partial charge in [-0.15, -0.1) is 0 Å². The van der Waals surface area contributed by atoms with Gasteiger partial charge < -0.3 is 9.64 Å². The van der Waals surface area contributed by atoms with Crippen molar-refractivity contribution in [2.45, 2.75) is 33.1 Å². The van der Waals surface area contributed by atoms with Crippen LogP contribution in [0.25, 0.3) is 11.0 Å². The predicted octanol–water partition coefficient (Wildman–Crippen LogP) is 3.97. The highest BCUT2D eigenvalue weighted by molar-refractivity contribution is 5.97. The van der Waals surface area contributed by atoms with Gasteiger partial charge in [0.05, 0.1) is 23.1 Å². The summed E-state index contributed by atoms with van der Waals surface area (Å²) in [5.74, 6) is -0.314. The van der Waals surface area contributed by atoms with E-state index in [9.17, 15) is 9.59 Å². The molecular weight excluding hydrogens is 390 g/mol. The molecule has 3 aromatic rings. The molecule has 4 rings (SSSR count). The number of hydrogen-bond donors (Lipinski definition) is 0. The van der Waals surface area contributed by atoms with Crippen LogP contribution in [0.15, 0.2) is 54.9 Å². The van der Waals surface area contributed by atoms with Crippen molar-refractivity contribution in [3.05, 3.63) is 71.5 Å². The molecule has 0 radical (unpaired) electrons. The predicted molar refractivity (Wildman–Crippen MR) is 119 cm³/mol. The number of carbonyl (C=O) groups excluding carboxylic acids is 2. The van der Waals surface area contributed by atoms with Crippen molar-refractivity contribution in [1.82, 2.24) is 14.9 Å². The van der Waals surface area contributed by atoms with Crippen LogP contribution >= 0.6 is 0 Å². The van der Waals surface area contributed by atoms with Crippen molar-refractivity contribution >= 4 is 22.9 Å². The maximum absolute atomic E-state index is 13.4. The highest BCUT2D eigenvalue weighted by atomic mass is 16.5. The van der Waals surface area contributed by atoms with Gasteiger partial charge in [-0.1, -0.05) is 24.3 Å². The zero-order chi connectivity index (χ0) is 21.8. The lowest BCUT2D eigenvalue weighted by atomic mass is 9.74. The summed E-state index contributed by atoms with van der Waals surface area (Å²) in [5.41, 5.74) is 3.50. The van der Waals surface area contributed by atoms with Gasteiger partial charge in [0, 0.05) is 31.0 Å². The Bertz CT molecular complexity index is 1110. The molecule has 160 valence electrons. The highest BCUT2D eigenvalue weighted by Crippen LogP contribution is 2.36. The Balaban J connectivity index is 1.63. The fourth-order valence-electron chi connectivity index (χ4n) is 4.42. The molecule has 0 saturated carbocycles. The quantitative estimate of drug-likeness (QED) is 0.588. The Morgan fingerprint density at radius 3 is 2.65 bits per heavy atom. The molecule has 0 spiro atoms. The number of benzene rings is 2. The first-order valence-corrected chi connectivity index (χ1v) is 10.7. The minimum atomic E-state index is -0.743. The first-order chi connectivity index (χ1) is 15.0. The number of nitrogens with zero attached hydrogens (tertiary/aromatic N) is 3. The summed E-state index contributed by atoms with van der Waals surface area (Å²) < 4.78 is 5.49. The van der Waals surface area contributed by atoms with Crippen molar-refractivity contribution in [2.24, 2.45) is 5.41 Å². The Morgan fingerprint density at radius 1 is 1.10 bits per heavy atom. The number of rotatable bonds is 5. The number of amides is 1. The van der Waals surface area contributed by atoms with Gasteiger partial charge >= 0.3 is 5.97 Å². The third-order valence-corrected chi connectivity index (χ3v) is 6.08. The van der Waals surface area contributed by atoms with Crippen LogP contribution in [0.1, 0.15) is 41.3 Å². The number of esters is 1. The maximum Gasteiger partial charge on any atom is 0.314 e. The summed E-state index contributed by atoms with van der Waals surface area (Å²) in [4.78, 5) is 36.9. The Labute approximate surface area is 182 Å². The second-order valence-electron chi connectivity index (χ2n) is 8.19. The van der Waals surface area contributed by atoms with Crippen molar-refractivity contribution in [3.8, 4) is 0 Å². The average Bonchev–Trinajstić information content (AvgIpc) is 2.80. The van der Waals surface area contributed by atoms with Crippen LogP contribution in [0.4, 0.5) is 0 Å². The standard InChI is InChI=1S/C25H27N3O3/c1-3-31-24(30)25(16-20-8-5-4-7-18(20)2)11-6-14-28(17-25)23(29)19-9-10-21-22(15-19)27-13-12-26-21/h4-5,7-10,12-13,15H,3,6,11,14,16-17H2,1-2H3/t25-/m1/s1. The van der Waals surface area contributed by atoms with E-state index in [-0.39, 0.29) is 11.9 Å². The lowest BCUT2D eigenvalue weighted by Crippen LogP contribution is -2.51. The molecule has 0 bridgehead atoms. The summed E-state index contributed by atoms with van der Waals surface area (Å²) in [7, 11) is 0. The third-order valence-electron chi connectivity index (χ3n) is 6.08. The number of fused-ring (bicyclic) bond motifs is 1. The van der Waals surface area contributed by atoms with Crippen LogP contribution in [0.2, 0.25) is 0 Å². The molecule has 6 heteroatoms. The summed E-state index contributed by atoms with van der Waals surface area (Å²) in [6, 6.07) is 13.5. The summed E-state index contributed by atoms with van der Waals surface area (Å²) >= 11 is 0. The molecule has 1 amide bonds. The van der Waals surface area contributed by atoms with E-state index in [0.717, 1.165) is 23.1 Å². The van der Waals surface area contributed by atoms with Gasteiger partial charge in [-0.2, -0.15) is 0 Å². The van der Waals surface area contributed by atoms with Gasteiger partial charge in [-0.25, -0.2) is 0 Å². The van der Waals surface area contributed by atoms with Crippen LogP contribution < -0.4 is 0 Å². The SMILES string of the molecule is CCOC(=O)[C@@]1(Cc2ccccc2C)CCCN(C(=O)c2ccc3nccnc3c2)C1. The molecule has 6 nitrogen and oxygen atoms in total. The average molecular weight is 418 g/mol. The Kier molecular flexibility index (Phi) is 5.98. The van der Waals surface area contributed by atoms with Crippen LogP contribution in [0.5, 0.6) is 0 Å². The number of carbonyl (C=O) groups is 2. The van der Waals surface area contributed by atoms with Crippen LogP contribution in [0, 0.1) is 12.3 Å². The molecule has 31 heavy (non-hydrogen) atoms. The van der Waals surface area contributed by atoms with Crippen LogP contribution in [-0.2, 0) is 16.0 Å². The summed E-state index contributed by atoms with van der Waals surface area (Å²) in [5, 5.41) is 0. The largest absolute Gasteiger partial charge is 0.466 e. The third kappa shape index (κ3) is 4.29. The number of ether oxygens (including phenoxy) is 1. The lowest BCUT2D eigenvalue weighted by Gasteiger charge is -2.41. The monoisotopic (exact) mass is 417 g/mol. The molecule has 1 aliphatic rings. The number of hydrogen-bond acceptors (Lipinski definition) is 5. The van der Waals surface area contributed by atoms with Gasteiger partial charge in [-0.3, -0.25) is 19.6 Å². The molecule has 0 unspecified atom stereocenters. The Hall–Kier alpha value is -3.28. The molecule has 1 aromatic heterocycles. The fourth-order valence-corrected chi connectivity index (χ4v) is 4.42. The van der Waals surface area contributed by atoms with E-state index >= 15 is 0 Å². The summed E-state index contributed by atoms with van der Waals surface area (Å²) in [6.45, 7) is 5.16. The van der Waals surface area contributed by atoms with E-state index in [1.165, 1.54) is 0 Å². The molecule has 1 aliphatic heterocycles. The molecule has 0 aliphatic carbocycles. The van der Waals surface area contributed by atoms with Crippen LogP contribution in [0.3, 0.4) is 0 Å². The van der Waals surface area contributed by atoms with Crippen molar-refractivity contribution in [2.75, 3.05) is 19.7 Å². The molecular formula is C25H27N3O3. The normalized spacial score (nSPS) is 18.7. The highest BCUT2D eigenvalue weighted by Gasteiger charge is 2.45. The molecule has 2 aromatic carbocycles. The smallest absolute Gasteiger partial charge is 0.314 e. The van der Waals surface area contributed by atoms with Gasteiger partial charge in [-0.05, 0) is 62.4 Å². The second kappa shape index (κ2) is 8.84. The van der Waals surface area contributed by atoms with E-state index in [2.05, 4.69) is 29.0 Å². The zero-order valence-corrected chi connectivity index (χ0v) is 18.0. The van der Waals surface area contributed by atoms with E-state index in [1.807, 2.05) is 25.1 Å². The van der Waals surface area contributed by atoms with Gasteiger partial charge in [0.25, 0.3) is 5.91 Å². The first kappa shape index (κ1) is 21.0. The van der Waals surface area contributed by atoms with Crippen molar-refractivity contribution in [1.29, 1.82) is 0 Å². The van der Waals surface area contributed by atoms with Crippen molar-refractivity contribution < 1.29 is 14.3 Å². The summed E-state index contributed by atoms with van der Waals surface area (Å²) in [6.07, 6.45) is 5.27. The molecule has 2 heterocycles. The van der Waals surface area contributed by atoms with Crippen molar-refractivity contribution in [3.63, 3.8) is 0 Å². The second-order valence-corrected chi connectivity index (χ2v) is 8.19. The molecule has 1 atom stereocenters. The zero-order valence-electron chi connectivity index (χ0n) is 18.0. The number of piperidine rings is 1. The van der Waals surface area contributed by atoms with Crippen LogP contribution in [-0.4, -0.2) is 46.4 Å². The number of aromatic nitrogens is 2. The molecule has 1 fully saturated rings. The molecule has 0 N–H and O–H groups in total. The van der Waals surface area contributed by atoms with Gasteiger partial charge in [0.1, 0.15) is 0 Å². The number of aryl methyl sites for hydroxylation is 1. The first-order valence-electron chi connectivity index (χ1n) is 10.7. The van der Waals surface area contributed by atoms with Gasteiger partial charge in [0.2, 0.25) is 0 Å². The maximum atomic E-state index is 13.4. The number of likely N-dealkylation sites (tertiary alicyclic amines) is 1. The van der Waals surface area contributed by atoms with E-state index in [4.69, 9.17) is 4.74 Å². The van der Waals surface area contributed by atoms with Gasteiger partial charge in [0.15, 0.2) is 0 Å². The topological polar surface area (TPSA) is 72.4 Å². The van der Waals surface area contributed by atoms with E-state index < -0.39 is 5.41 Å². The minimum Gasteiger partial charge on any atom is -0.466 e. The minimum absolute atomic E-state index is 0.0919. The fraction of sp³-hybridized carbons (Fsp3) is 0.360. The Morgan fingerprint density at radius 2 is 1.87 bits per heavy atom. The molecule has 1 saturated heterocycles. The van der Waals surface area contributed by atoms with E-state index in [0.29, 0.717) is 43.6 Å². The lowest BCUT2D eigenvalue weighted by molar-refractivity contribution is -0.158. The van der Waals surface area contributed by atoms with E-state index in [1.54, 1.807) is 29.4 Å².